The van der Waals surface area contributed by atoms with Gasteiger partial charge in [0.1, 0.15) is 0 Å². The summed E-state index contributed by atoms with van der Waals surface area (Å²) in [6.07, 6.45) is 0.886. The molecule has 2 aliphatic rings. The minimum absolute atomic E-state index is 0.184. The van der Waals surface area contributed by atoms with Gasteiger partial charge >= 0.3 is 0 Å². The average molecular weight is 481 g/mol. The summed E-state index contributed by atoms with van der Waals surface area (Å²) in [6.45, 7) is 7.28. The molecular weight excluding hydrogens is 448 g/mol. The van der Waals surface area contributed by atoms with Crippen molar-refractivity contribution in [3.8, 4) is 0 Å². The first-order chi connectivity index (χ1) is 16.7. The Labute approximate surface area is 205 Å². The maximum atomic E-state index is 12.8. The van der Waals surface area contributed by atoms with E-state index in [1.54, 1.807) is 41.4 Å². The number of ether oxygens (including phenoxy) is 1. The van der Waals surface area contributed by atoms with Crippen LogP contribution in [0.1, 0.15) is 22.3 Å². The summed E-state index contributed by atoms with van der Waals surface area (Å²) in [5.74, 6) is 0.602. The highest BCUT2D eigenvalue weighted by atomic mass is 32.2. The van der Waals surface area contributed by atoms with E-state index >= 15 is 0 Å². The van der Waals surface area contributed by atoms with E-state index < -0.39 is 0 Å². The summed E-state index contributed by atoms with van der Waals surface area (Å²) < 4.78 is 5.41. The number of nitrogens with zero attached hydrogens (tertiary/aromatic N) is 2. The lowest BCUT2D eigenvalue weighted by molar-refractivity contribution is -0.116. The number of hydrogen-bond donors (Lipinski definition) is 2. The summed E-state index contributed by atoms with van der Waals surface area (Å²) in [7, 11) is 0. The zero-order valence-electron chi connectivity index (χ0n) is 19.4. The van der Waals surface area contributed by atoms with Crippen LogP contribution < -0.4 is 10.6 Å². The van der Waals surface area contributed by atoms with Gasteiger partial charge in [-0.2, -0.15) is 0 Å². The van der Waals surface area contributed by atoms with Crippen molar-refractivity contribution in [2.45, 2.75) is 13.0 Å². The minimum atomic E-state index is -0.334. The number of amides is 2. The molecule has 0 bridgehead atoms. The average Bonchev–Trinajstić information content (AvgIpc) is 2.89. The van der Waals surface area contributed by atoms with Crippen LogP contribution >= 0.6 is 11.8 Å². The summed E-state index contributed by atoms with van der Waals surface area (Å²) >= 11 is 1.54. The van der Waals surface area contributed by atoms with Crippen LogP contribution in [0, 0.1) is 0 Å². The first kappa shape index (κ1) is 24.3. The summed E-state index contributed by atoms with van der Waals surface area (Å²) in [6, 6.07) is 17.7. The lowest BCUT2D eigenvalue weighted by Gasteiger charge is -2.34. The molecule has 0 atom stereocenters. The quantitative estimate of drug-likeness (QED) is 0.537. The SMILES string of the molecule is O=C(Nc1ccccc1C(=O)NCCCN1CCN(Cc2ccccc2)CC1)C1=CSCCO1. The molecule has 34 heavy (non-hydrogen) atoms. The lowest BCUT2D eigenvalue weighted by atomic mass is 10.1. The topological polar surface area (TPSA) is 73.9 Å². The van der Waals surface area contributed by atoms with Gasteiger partial charge in [0.25, 0.3) is 11.8 Å². The highest BCUT2D eigenvalue weighted by Crippen LogP contribution is 2.20. The third-order valence-electron chi connectivity index (χ3n) is 5.94. The van der Waals surface area contributed by atoms with Crippen LogP contribution in [-0.2, 0) is 16.1 Å². The molecule has 8 heteroatoms. The maximum Gasteiger partial charge on any atom is 0.291 e. The predicted molar refractivity (Wildman–Crippen MR) is 137 cm³/mol. The Bertz CT molecular complexity index is 991. The Kier molecular flexibility index (Phi) is 9.01. The van der Waals surface area contributed by atoms with Gasteiger partial charge < -0.3 is 20.3 Å². The number of hydrogen-bond acceptors (Lipinski definition) is 6. The molecule has 0 saturated carbocycles. The normalized spacial score (nSPS) is 16.9. The Morgan fingerprint density at radius 3 is 2.41 bits per heavy atom. The number of rotatable bonds is 9. The fourth-order valence-corrected chi connectivity index (χ4v) is 4.70. The number of piperazine rings is 1. The van der Waals surface area contributed by atoms with Crippen molar-refractivity contribution in [2.24, 2.45) is 0 Å². The molecule has 4 rings (SSSR count). The molecule has 2 aliphatic heterocycles. The highest BCUT2D eigenvalue weighted by molar-refractivity contribution is 8.02. The molecule has 0 radical (unpaired) electrons. The van der Waals surface area contributed by atoms with E-state index in [0.717, 1.165) is 51.4 Å². The van der Waals surface area contributed by atoms with Gasteiger partial charge in [-0.15, -0.1) is 11.8 Å². The third kappa shape index (κ3) is 7.09. The standard InChI is InChI=1S/C26H32N4O3S/c31-25(22-9-4-5-10-23(22)28-26(32)24-20-34-18-17-33-24)27-11-6-12-29-13-15-30(16-14-29)19-21-7-2-1-3-8-21/h1-5,7-10,20H,6,11-19H2,(H,27,31)(H,28,32). The number of benzene rings is 2. The summed E-state index contributed by atoms with van der Waals surface area (Å²) in [4.78, 5) is 30.2. The van der Waals surface area contributed by atoms with E-state index in [-0.39, 0.29) is 17.6 Å². The second-order valence-electron chi connectivity index (χ2n) is 8.41. The van der Waals surface area contributed by atoms with Crippen LogP contribution in [0.15, 0.2) is 65.8 Å². The van der Waals surface area contributed by atoms with Gasteiger partial charge in [-0.1, -0.05) is 42.5 Å². The van der Waals surface area contributed by atoms with Crippen molar-refractivity contribution in [2.75, 3.05) is 56.9 Å². The first-order valence-corrected chi connectivity index (χ1v) is 12.9. The molecule has 0 spiro atoms. The molecule has 2 aromatic carbocycles. The van der Waals surface area contributed by atoms with Crippen molar-refractivity contribution in [1.82, 2.24) is 15.1 Å². The van der Waals surface area contributed by atoms with Gasteiger partial charge in [0, 0.05) is 50.4 Å². The molecule has 0 aromatic heterocycles. The zero-order valence-corrected chi connectivity index (χ0v) is 20.2. The maximum absolute atomic E-state index is 12.8. The molecule has 2 N–H and O–H groups in total. The Balaban J connectivity index is 1.18. The molecule has 7 nitrogen and oxygen atoms in total. The van der Waals surface area contributed by atoms with Crippen molar-refractivity contribution in [1.29, 1.82) is 0 Å². The van der Waals surface area contributed by atoms with E-state index in [0.29, 0.717) is 24.4 Å². The van der Waals surface area contributed by atoms with Crippen LogP contribution in [0.25, 0.3) is 0 Å². The molecule has 1 fully saturated rings. The predicted octanol–water partition coefficient (Wildman–Crippen LogP) is 3.17. The fourth-order valence-electron chi connectivity index (χ4n) is 4.07. The smallest absolute Gasteiger partial charge is 0.291 e. The zero-order chi connectivity index (χ0) is 23.6. The van der Waals surface area contributed by atoms with Gasteiger partial charge in [-0.25, -0.2) is 0 Å². The second kappa shape index (κ2) is 12.6. The van der Waals surface area contributed by atoms with E-state index in [1.807, 2.05) is 0 Å². The van der Waals surface area contributed by atoms with Crippen LogP contribution in [0.2, 0.25) is 0 Å². The van der Waals surface area contributed by atoms with Crippen molar-refractivity contribution < 1.29 is 14.3 Å². The first-order valence-electron chi connectivity index (χ1n) is 11.8. The summed E-state index contributed by atoms with van der Waals surface area (Å²) in [5.41, 5.74) is 2.30. The number of nitrogens with one attached hydrogen (secondary N) is 2. The van der Waals surface area contributed by atoms with Gasteiger partial charge in [-0.3, -0.25) is 14.5 Å². The van der Waals surface area contributed by atoms with Crippen molar-refractivity contribution in [3.05, 3.63) is 76.9 Å². The molecule has 0 unspecified atom stereocenters. The number of carbonyl (C=O) groups excluding carboxylic acids is 2. The molecule has 180 valence electrons. The Morgan fingerprint density at radius 2 is 1.65 bits per heavy atom. The van der Waals surface area contributed by atoms with Gasteiger partial charge in [-0.05, 0) is 30.7 Å². The molecule has 2 heterocycles. The second-order valence-corrected chi connectivity index (χ2v) is 9.39. The van der Waals surface area contributed by atoms with Crippen molar-refractivity contribution in [3.63, 3.8) is 0 Å². The number of carbonyl (C=O) groups is 2. The van der Waals surface area contributed by atoms with Crippen molar-refractivity contribution >= 4 is 29.3 Å². The molecule has 2 aromatic rings. The van der Waals surface area contributed by atoms with E-state index in [9.17, 15) is 9.59 Å². The lowest BCUT2D eigenvalue weighted by Crippen LogP contribution is -2.46. The number of thioether (sulfide) groups is 1. The van der Waals surface area contributed by atoms with Crippen LogP contribution in [0.4, 0.5) is 5.69 Å². The fraction of sp³-hybridized carbons (Fsp3) is 0.385. The van der Waals surface area contributed by atoms with E-state index in [1.165, 1.54) is 5.56 Å². The molecule has 2 amide bonds. The minimum Gasteiger partial charge on any atom is -0.487 e. The number of anilines is 1. The number of para-hydroxylation sites is 1. The molecular formula is C26H32N4O3S. The van der Waals surface area contributed by atoms with Crippen LogP contribution in [-0.4, -0.2) is 73.2 Å². The van der Waals surface area contributed by atoms with Gasteiger partial charge in [0.05, 0.1) is 17.9 Å². The van der Waals surface area contributed by atoms with E-state index in [4.69, 9.17) is 4.74 Å². The Hall–Kier alpha value is -2.81. The monoisotopic (exact) mass is 480 g/mol. The van der Waals surface area contributed by atoms with Crippen LogP contribution in [0.3, 0.4) is 0 Å². The van der Waals surface area contributed by atoms with E-state index in [2.05, 4.69) is 50.8 Å². The third-order valence-corrected chi connectivity index (χ3v) is 6.73. The highest BCUT2D eigenvalue weighted by Gasteiger charge is 2.19. The molecule has 1 saturated heterocycles. The van der Waals surface area contributed by atoms with Gasteiger partial charge in [0.15, 0.2) is 5.76 Å². The summed E-state index contributed by atoms with van der Waals surface area (Å²) in [5, 5.41) is 7.51. The largest absolute Gasteiger partial charge is 0.487 e. The van der Waals surface area contributed by atoms with Crippen LogP contribution in [0.5, 0.6) is 0 Å². The Morgan fingerprint density at radius 1 is 0.912 bits per heavy atom. The van der Waals surface area contributed by atoms with Gasteiger partial charge in [0.2, 0.25) is 0 Å². The molecule has 0 aliphatic carbocycles.